The monoisotopic (exact) mass is 578 g/mol. The molecular formula is C30H41F3N4O4. The van der Waals surface area contributed by atoms with Crippen molar-refractivity contribution in [3.05, 3.63) is 57.9 Å². The molecule has 8 nitrogen and oxygen atoms in total. The molecule has 226 valence electrons. The minimum atomic E-state index is -4.81. The second-order valence-corrected chi connectivity index (χ2v) is 10.9. The Hall–Kier alpha value is -3.37. The van der Waals surface area contributed by atoms with E-state index in [1.165, 1.54) is 6.07 Å². The number of ether oxygens (including phenoxy) is 1. The van der Waals surface area contributed by atoms with Crippen LogP contribution in [-0.4, -0.2) is 45.9 Å². The molecule has 1 atom stereocenters. The van der Waals surface area contributed by atoms with E-state index < -0.39 is 22.4 Å². The Morgan fingerprint density at radius 1 is 1.15 bits per heavy atom. The van der Waals surface area contributed by atoms with Gasteiger partial charge in [-0.15, -0.1) is 0 Å². The predicted molar refractivity (Wildman–Crippen MR) is 152 cm³/mol. The number of carbonyl (C=O) groups excluding carboxylic acids is 1. The first-order valence-electron chi connectivity index (χ1n) is 14.5. The van der Waals surface area contributed by atoms with Crippen LogP contribution in [0.4, 0.5) is 24.5 Å². The molecule has 0 spiro atoms. The van der Waals surface area contributed by atoms with E-state index in [0.717, 1.165) is 69.3 Å². The Morgan fingerprint density at radius 2 is 1.88 bits per heavy atom. The molecule has 1 aromatic carbocycles. The van der Waals surface area contributed by atoms with Crippen LogP contribution in [0.3, 0.4) is 0 Å². The van der Waals surface area contributed by atoms with Crippen molar-refractivity contribution in [3.63, 3.8) is 0 Å². The summed E-state index contributed by atoms with van der Waals surface area (Å²) in [5.41, 5.74) is -0.893. The van der Waals surface area contributed by atoms with E-state index in [1.54, 1.807) is 6.20 Å². The van der Waals surface area contributed by atoms with Crippen molar-refractivity contribution in [2.75, 3.05) is 18.4 Å². The van der Waals surface area contributed by atoms with Crippen LogP contribution >= 0.6 is 0 Å². The van der Waals surface area contributed by atoms with Crippen LogP contribution in [0.15, 0.2) is 36.7 Å². The lowest BCUT2D eigenvalue weighted by atomic mass is 9.92. The van der Waals surface area contributed by atoms with Gasteiger partial charge in [0.05, 0.1) is 17.2 Å². The van der Waals surface area contributed by atoms with E-state index in [-0.39, 0.29) is 23.7 Å². The normalized spacial score (nSPS) is 18.0. The molecule has 1 saturated carbocycles. The molecule has 1 aliphatic rings. The number of carbonyl (C=O) groups is 1. The second-order valence-electron chi connectivity index (χ2n) is 10.9. The largest absolute Gasteiger partial charge is 0.489 e. The van der Waals surface area contributed by atoms with Crippen LogP contribution in [0.1, 0.15) is 83.3 Å². The lowest BCUT2D eigenvalue weighted by molar-refractivity contribution is -0.388. The Kier molecular flexibility index (Phi) is 11.8. The predicted octanol–water partition coefficient (Wildman–Crippen LogP) is 7.42. The molecule has 2 aromatic rings. The molecule has 0 aliphatic heterocycles. The lowest BCUT2D eigenvalue weighted by Crippen LogP contribution is -2.32. The third-order valence-electron chi connectivity index (χ3n) is 7.58. The van der Waals surface area contributed by atoms with E-state index in [0.29, 0.717) is 30.9 Å². The van der Waals surface area contributed by atoms with Gasteiger partial charge >= 0.3 is 6.18 Å². The fourth-order valence-electron chi connectivity index (χ4n) is 5.22. The Bertz CT molecular complexity index is 1150. The number of nitrogens with one attached hydrogen (secondary N) is 1. The number of hydrogen-bond acceptors (Lipinski definition) is 6. The van der Waals surface area contributed by atoms with Crippen molar-refractivity contribution in [2.24, 2.45) is 5.92 Å². The first kappa shape index (κ1) is 32.1. The molecule has 1 unspecified atom stereocenters. The number of alkyl halides is 3. The fraction of sp³-hybridized carbons (Fsp3) is 0.600. The molecule has 1 N–H and O–H groups in total. The number of halogens is 3. The van der Waals surface area contributed by atoms with Gasteiger partial charge < -0.3 is 15.0 Å². The maximum absolute atomic E-state index is 13.3. The van der Waals surface area contributed by atoms with Crippen LogP contribution in [0.25, 0.3) is 0 Å². The standard InChI is InChI=1S/C30H41F3N4O4/c1-4-15-36(29(38)5-2)16-14-21(3)6-7-22-17-26(20-34-19-22)41-25-11-8-23(9-12-25)35-24-10-13-28(37(39)40)27(18-24)30(31,32)33/h10,13,17-21,23,25,35H,4-9,11-12,14-16H2,1-3H3. The van der Waals surface area contributed by atoms with Crippen molar-refractivity contribution in [3.8, 4) is 5.75 Å². The first-order chi connectivity index (χ1) is 19.5. The summed E-state index contributed by atoms with van der Waals surface area (Å²) in [6, 6.07) is 4.99. The molecule has 1 heterocycles. The average Bonchev–Trinajstić information content (AvgIpc) is 2.94. The molecule has 0 radical (unpaired) electrons. The number of nitrogens with zero attached hydrogens (tertiary/aromatic N) is 3. The van der Waals surface area contributed by atoms with Gasteiger partial charge in [-0.2, -0.15) is 13.2 Å². The van der Waals surface area contributed by atoms with Gasteiger partial charge in [0.1, 0.15) is 11.3 Å². The molecule has 0 bridgehead atoms. The number of nitro groups is 1. The first-order valence-corrected chi connectivity index (χ1v) is 14.5. The molecular weight excluding hydrogens is 537 g/mol. The number of aryl methyl sites for hydroxylation is 1. The topological polar surface area (TPSA) is 97.6 Å². The Balaban J connectivity index is 1.46. The SMILES string of the molecule is CCCN(CCC(C)CCc1cncc(OC2CCC(Nc3ccc([N+](=O)[O-])c(C(F)(F)F)c3)CC2)c1)C(=O)CC. The summed E-state index contributed by atoms with van der Waals surface area (Å²) in [6.07, 6.45) is 5.88. The highest BCUT2D eigenvalue weighted by molar-refractivity contribution is 5.75. The van der Waals surface area contributed by atoms with Crippen LogP contribution in [-0.2, 0) is 17.4 Å². The van der Waals surface area contributed by atoms with Gasteiger partial charge in [0.2, 0.25) is 5.91 Å². The molecule has 1 aliphatic carbocycles. The third-order valence-corrected chi connectivity index (χ3v) is 7.58. The van der Waals surface area contributed by atoms with Crippen LogP contribution in [0, 0.1) is 16.0 Å². The summed E-state index contributed by atoms with van der Waals surface area (Å²) in [5.74, 6) is 1.38. The molecule has 3 rings (SSSR count). The summed E-state index contributed by atoms with van der Waals surface area (Å²) < 4.78 is 46.1. The number of rotatable bonds is 14. The quantitative estimate of drug-likeness (QED) is 0.185. The van der Waals surface area contributed by atoms with Crippen molar-refractivity contribution >= 4 is 17.3 Å². The average molecular weight is 579 g/mol. The van der Waals surface area contributed by atoms with Crippen molar-refractivity contribution < 1.29 is 27.6 Å². The zero-order chi connectivity index (χ0) is 30.0. The van der Waals surface area contributed by atoms with E-state index in [4.69, 9.17) is 4.74 Å². The fourth-order valence-corrected chi connectivity index (χ4v) is 5.22. The van der Waals surface area contributed by atoms with E-state index in [1.807, 2.05) is 24.1 Å². The second kappa shape index (κ2) is 15.0. The molecule has 41 heavy (non-hydrogen) atoms. The Morgan fingerprint density at radius 3 is 2.51 bits per heavy atom. The van der Waals surface area contributed by atoms with Gasteiger partial charge in [-0.05, 0) is 81.0 Å². The number of nitro benzene ring substituents is 1. The lowest BCUT2D eigenvalue weighted by Gasteiger charge is -2.30. The number of aromatic nitrogens is 1. The van der Waals surface area contributed by atoms with E-state index in [2.05, 4.69) is 24.1 Å². The van der Waals surface area contributed by atoms with Gasteiger partial charge in [-0.25, -0.2) is 0 Å². The summed E-state index contributed by atoms with van der Waals surface area (Å²) in [6.45, 7) is 7.78. The van der Waals surface area contributed by atoms with Crippen LogP contribution in [0.5, 0.6) is 5.75 Å². The highest BCUT2D eigenvalue weighted by Crippen LogP contribution is 2.38. The summed E-state index contributed by atoms with van der Waals surface area (Å²) >= 11 is 0. The molecule has 0 saturated heterocycles. The van der Waals surface area contributed by atoms with Gasteiger partial charge in [-0.3, -0.25) is 19.9 Å². The highest BCUT2D eigenvalue weighted by Gasteiger charge is 2.38. The van der Waals surface area contributed by atoms with Gasteiger partial charge in [0.25, 0.3) is 5.69 Å². The van der Waals surface area contributed by atoms with Crippen LogP contribution in [0.2, 0.25) is 0 Å². The van der Waals surface area contributed by atoms with Gasteiger partial charge in [0, 0.05) is 43.5 Å². The number of benzene rings is 1. The molecule has 1 fully saturated rings. The van der Waals surface area contributed by atoms with Crippen molar-refractivity contribution in [1.82, 2.24) is 9.88 Å². The molecule has 11 heteroatoms. The zero-order valence-electron chi connectivity index (χ0n) is 24.1. The summed E-state index contributed by atoms with van der Waals surface area (Å²) in [7, 11) is 0. The number of anilines is 1. The number of pyridine rings is 1. The third kappa shape index (κ3) is 9.89. The molecule has 1 amide bonds. The van der Waals surface area contributed by atoms with E-state index >= 15 is 0 Å². The van der Waals surface area contributed by atoms with Crippen molar-refractivity contribution in [2.45, 2.75) is 96.9 Å². The maximum Gasteiger partial charge on any atom is 0.423 e. The van der Waals surface area contributed by atoms with Crippen molar-refractivity contribution in [1.29, 1.82) is 0 Å². The minimum Gasteiger partial charge on any atom is -0.489 e. The summed E-state index contributed by atoms with van der Waals surface area (Å²) in [4.78, 5) is 28.4. The Labute approximate surface area is 239 Å². The highest BCUT2D eigenvalue weighted by atomic mass is 19.4. The van der Waals surface area contributed by atoms with E-state index in [9.17, 15) is 28.1 Å². The van der Waals surface area contributed by atoms with Gasteiger partial charge in [-0.1, -0.05) is 20.8 Å². The number of hydrogen-bond donors (Lipinski definition) is 1. The number of amides is 1. The minimum absolute atomic E-state index is 0.0210. The maximum atomic E-state index is 13.3. The molecule has 1 aromatic heterocycles. The smallest absolute Gasteiger partial charge is 0.423 e. The zero-order valence-corrected chi connectivity index (χ0v) is 24.1. The van der Waals surface area contributed by atoms with Crippen LogP contribution < -0.4 is 10.1 Å². The summed E-state index contributed by atoms with van der Waals surface area (Å²) in [5, 5.41) is 14.1. The van der Waals surface area contributed by atoms with Gasteiger partial charge in [0.15, 0.2) is 0 Å².